The van der Waals surface area contributed by atoms with Crippen LogP contribution >= 0.6 is 15.9 Å². The first-order chi connectivity index (χ1) is 16.2. The van der Waals surface area contributed by atoms with E-state index >= 15 is 0 Å². The number of carbonyl (C=O) groups is 1. The second kappa shape index (κ2) is 10.9. The number of benzene rings is 3. The van der Waals surface area contributed by atoms with Gasteiger partial charge in [0, 0.05) is 10.0 Å². The Hall–Kier alpha value is -3.77. The predicted octanol–water partition coefficient (Wildman–Crippen LogP) is 6.60. The van der Waals surface area contributed by atoms with Crippen molar-refractivity contribution >= 4 is 33.6 Å². The molecule has 3 rings (SSSR count). The number of nitriles is 1. The molecule has 1 N–H and O–H groups in total. The summed E-state index contributed by atoms with van der Waals surface area (Å²) in [6, 6.07) is 18.6. The highest BCUT2D eigenvalue weighted by Gasteiger charge is 2.33. The van der Waals surface area contributed by atoms with E-state index in [1.165, 1.54) is 25.3 Å². The first-order valence-corrected chi connectivity index (χ1v) is 10.7. The lowest BCUT2D eigenvalue weighted by molar-refractivity contribution is -0.137. The van der Waals surface area contributed by atoms with Crippen molar-refractivity contribution in [1.29, 1.82) is 5.26 Å². The minimum absolute atomic E-state index is 0.182. The van der Waals surface area contributed by atoms with Gasteiger partial charge in [-0.3, -0.25) is 4.79 Å². The number of nitrogens with zero attached hydrogens (tertiary/aromatic N) is 1. The highest BCUT2D eigenvalue weighted by atomic mass is 79.9. The minimum atomic E-state index is -4.67. The lowest BCUT2D eigenvalue weighted by atomic mass is 10.1. The van der Waals surface area contributed by atoms with Crippen molar-refractivity contribution < 1.29 is 27.4 Å². The van der Waals surface area contributed by atoms with E-state index in [1.54, 1.807) is 24.3 Å². The van der Waals surface area contributed by atoms with Gasteiger partial charge in [-0.1, -0.05) is 52.3 Å². The number of rotatable bonds is 7. The van der Waals surface area contributed by atoms with Gasteiger partial charge in [-0.15, -0.1) is 0 Å². The van der Waals surface area contributed by atoms with Crippen molar-refractivity contribution in [2.45, 2.75) is 12.8 Å². The van der Waals surface area contributed by atoms with Crippen LogP contribution in [0.5, 0.6) is 11.5 Å². The maximum Gasteiger partial charge on any atom is 0.418 e. The third-order valence-corrected chi connectivity index (χ3v) is 5.20. The Balaban J connectivity index is 1.90. The van der Waals surface area contributed by atoms with Crippen molar-refractivity contribution in [3.8, 4) is 17.6 Å². The normalized spacial score (nSPS) is 11.5. The molecular weight excluding hydrogens is 513 g/mol. The van der Waals surface area contributed by atoms with Gasteiger partial charge in [-0.2, -0.15) is 18.4 Å². The van der Waals surface area contributed by atoms with Crippen molar-refractivity contribution in [2.75, 3.05) is 12.4 Å². The number of carbonyl (C=O) groups excluding carboxylic acids is 1. The number of alkyl halides is 3. The van der Waals surface area contributed by atoms with Gasteiger partial charge in [-0.25, -0.2) is 0 Å². The number of nitrogens with one attached hydrogen (secondary N) is 1. The topological polar surface area (TPSA) is 71.3 Å². The summed E-state index contributed by atoms with van der Waals surface area (Å²) in [6.07, 6.45) is -3.42. The number of amides is 1. The van der Waals surface area contributed by atoms with Crippen molar-refractivity contribution in [3.63, 3.8) is 0 Å². The molecule has 0 bridgehead atoms. The zero-order valence-corrected chi connectivity index (χ0v) is 19.4. The van der Waals surface area contributed by atoms with Crippen LogP contribution in [0.15, 0.2) is 76.8 Å². The molecule has 3 aromatic rings. The molecule has 0 saturated carbocycles. The summed E-state index contributed by atoms with van der Waals surface area (Å²) in [6.45, 7) is 0.182. The number of ether oxygens (including phenoxy) is 2. The van der Waals surface area contributed by atoms with Gasteiger partial charge in [0.2, 0.25) is 0 Å². The van der Waals surface area contributed by atoms with Crippen LogP contribution in [-0.2, 0) is 17.6 Å². The van der Waals surface area contributed by atoms with Gasteiger partial charge in [-0.05, 0) is 42.0 Å². The Labute approximate surface area is 202 Å². The molecular formula is C25H18BrF3N2O3. The summed E-state index contributed by atoms with van der Waals surface area (Å²) in [4.78, 5) is 12.7. The van der Waals surface area contributed by atoms with Crippen LogP contribution in [0, 0.1) is 11.3 Å². The molecule has 0 atom stereocenters. The van der Waals surface area contributed by atoms with E-state index in [-0.39, 0.29) is 12.4 Å². The molecule has 3 aromatic carbocycles. The number of hydrogen-bond acceptors (Lipinski definition) is 4. The highest BCUT2D eigenvalue weighted by Crippen LogP contribution is 2.36. The molecule has 0 radical (unpaired) electrons. The molecule has 1 amide bonds. The summed E-state index contributed by atoms with van der Waals surface area (Å²) in [5.74, 6) is -0.337. The van der Waals surface area contributed by atoms with Crippen molar-refractivity contribution in [2.24, 2.45) is 0 Å². The zero-order chi connectivity index (χ0) is 24.7. The van der Waals surface area contributed by atoms with E-state index in [2.05, 4.69) is 21.2 Å². The van der Waals surface area contributed by atoms with Crippen LogP contribution in [-0.4, -0.2) is 13.0 Å². The van der Waals surface area contributed by atoms with Gasteiger partial charge in [0.15, 0.2) is 11.5 Å². The van der Waals surface area contributed by atoms with E-state index in [4.69, 9.17) is 9.47 Å². The molecule has 0 saturated heterocycles. The number of hydrogen-bond donors (Lipinski definition) is 1. The molecule has 0 fully saturated rings. The Morgan fingerprint density at radius 3 is 2.44 bits per heavy atom. The van der Waals surface area contributed by atoms with E-state index in [0.29, 0.717) is 11.3 Å². The van der Waals surface area contributed by atoms with E-state index in [0.717, 1.165) is 22.2 Å². The standard InChI is InChI=1S/C25H18BrF3N2O3/c1-33-22-8-4-5-17(23(22)34-15-16-9-11-19(26)12-10-16)13-18(14-30)24(32)31-21-7-3-2-6-20(21)25(27,28)29/h2-13H,15H2,1H3,(H,31,32). The molecule has 0 aliphatic heterocycles. The molecule has 0 unspecified atom stereocenters. The molecule has 0 aliphatic carbocycles. The molecule has 174 valence electrons. The first-order valence-electron chi connectivity index (χ1n) is 9.86. The first kappa shape index (κ1) is 24.9. The fourth-order valence-corrected chi connectivity index (χ4v) is 3.30. The SMILES string of the molecule is COc1cccc(C=C(C#N)C(=O)Nc2ccccc2C(F)(F)F)c1OCc1ccc(Br)cc1. The van der Waals surface area contributed by atoms with Crippen molar-refractivity contribution in [3.05, 3.63) is 93.5 Å². The lowest BCUT2D eigenvalue weighted by Gasteiger charge is -2.15. The Morgan fingerprint density at radius 1 is 1.09 bits per heavy atom. The molecule has 0 heterocycles. The summed E-state index contributed by atoms with van der Waals surface area (Å²) < 4.78 is 51.9. The Morgan fingerprint density at radius 2 is 1.79 bits per heavy atom. The average molecular weight is 531 g/mol. The minimum Gasteiger partial charge on any atom is -0.493 e. The van der Waals surface area contributed by atoms with E-state index in [9.17, 15) is 23.2 Å². The number of halogens is 4. The third-order valence-electron chi connectivity index (χ3n) is 4.67. The number of methoxy groups -OCH3 is 1. The van der Waals surface area contributed by atoms with Gasteiger partial charge in [0.1, 0.15) is 18.2 Å². The Bertz CT molecular complexity index is 1250. The van der Waals surface area contributed by atoms with Crippen LogP contribution < -0.4 is 14.8 Å². The number of anilines is 1. The maximum absolute atomic E-state index is 13.2. The van der Waals surface area contributed by atoms with Crippen LogP contribution in [0.25, 0.3) is 6.08 Å². The second-order valence-corrected chi connectivity index (χ2v) is 7.88. The Kier molecular flexibility index (Phi) is 7.97. The third kappa shape index (κ3) is 6.17. The van der Waals surface area contributed by atoms with Gasteiger partial charge in [0.05, 0.1) is 18.4 Å². The average Bonchev–Trinajstić information content (AvgIpc) is 2.82. The van der Waals surface area contributed by atoms with Crippen LogP contribution in [0.1, 0.15) is 16.7 Å². The van der Waals surface area contributed by atoms with Gasteiger partial charge < -0.3 is 14.8 Å². The predicted molar refractivity (Wildman–Crippen MR) is 125 cm³/mol. The zero-order valence-electron chi connectivity index (χ0n) is 17.8. The molecule has 34 heavy (non-hydrogen) atoms. The van der Waals surface area contributed by atoms with Crippen molar-refractivity contribution in [1.82, 2.24) is 0 Å². The molecule has 0 spiro atoms. The maximum atomic E-state index is 13.2. The highest BCUT2D eigenvalue weighted by molar-refractivity contribution is 9.10. The smallest absolute Gasteiger partial charge is 0.418 e. The van der Waals surface area contributed by atoms with Crippen LogP contribution in [0.3, 0.4) is 0 Å². The van der Waals surface area contributed by atoms with Crippen LogP contribution in [0.4, 0.5) is 18.9 Å². The molecule has 0 aromatic heterocycles. The summed E-state index contributed by atoms with van der Waals surface area (Å²) in [7, 11) is 1.45. The quantitative estimate of drug-likeness (QED) is 0.276. The van der Waals surface area contributed by atoms with E-state index < -0.39 is 28.9 Å². The molecule has 5 nitrogen and oxygen atoms in total. The van der Waals surface area contributed by atoms with Gasteiger partial charge in [0.25, 0.3) is 5.91 Å². The molecule has 9 heteroatoms. The fraction of sp³-hybridized carbons (Fsp3) is 0.120. The summed E-state index contributed by atoms with van der Waals surface area (Å²) >= 11 is 3.36. The monoisotopic (exact) mass is 530 g/mol. The largest absolute Gasteiger partial charge is 0.493 e. The second-order valence-electron chi connectivity index (χ2n) is 6.96. The summed E-state index contributed by atoms with van der Waals surface area (Å²) in [5.41, 5.74) is -0.643. The summed E-state index contributed by atoms with van der Waals surface area (Å²) in [5, 5.41) is 11.7. The molecule has 0 aliphatic rings. The van der Waals surface area contributed by atoms with E-state index in [1.807, 2.05) is 24.3 Å². The van der Waals surface area contributed by atoms with Crippen LogP contribution in [0.2, 0.25) is 0 Å². The number of para-hydroxylation sites is 2. The lowest BCUT2D eigenvalue weighted by Crippen LogP contribution is -2.17. The van der Waals surface area contributed by atoms with Gasteiger partial charge >= 0.3 is 6.18 Å². The fourth-order valence-electron chi connectivity index (χ4n) is 3.03.